The molecule has 472 valence electrons. The van der Waals surface area contributed by atoms with Crippen LogP contribution in [0.25, 0.3) is 44.1 Å². The summed E-state index contributed by atoms with van der Waals surface area (Å²) >= 11 is 0. The molecule has 24 nitrogen and oxygen atoms in total. The number of carboxylic acids is 2. The number of aromatic carboxylic acids is 2. The van der Waals surface area contributed by atoms with E-state index in [-0.39, 0.29) is 103 Å². The average molecular weight is 1300 g/mol. The zero-order valence-corrected chi connectivity index (χ0v) is 50.1. The van der Waals surface area contributed by atoms with E-state index in [0.29, 0.717) is 81.9 Å². The molecule has 0 spiro atoms. The number of fused-ring (bicyclic) bond motifs is 2. The number of anilines is 4. The lowest BCUT2D eigenvalue weighted by Gasteiger charge is -2.17. The summed E-state index contributed by atoms with van der Waals surface area (Å²) in [6.07, 6.45) is 8.23. The molecule has 6 aromatic carbocycles. The maximum Gasteiger partial charge on any atom is 0.335 e. The van der Waals surface area contributed by atoms with Gasteiger partial charge >= 0.3 is 24.0 Å². The van der Waals surface area contributed by atoms with Crippen LogP contribution in [-0.2, 0) is 20.0 Å². The molecule has 2 aliphatic rings. The number of benzene rings is 6. The number of hydrogen-bond donors (Lipinski definition) is 6. The normalized spacial score (nSPS) is 13.0. The maximum atomic E-state index is 13.8. The van der Waals surface area contributed by atoms with Crippen LogP contribution in [-0.4, -0.2) is 109 Å². The third-order valence-corrected chi connectivity index (χ3v) is 16.9. The van der Waals surface area contributed by atoms with Gasteiger partial charge in [-0.2, -0.15) is 9.97 Å². The number of halogens is 4. The molecule has 0 radical (unpaired) electrons. The molecule has 12 rings (SSSR count). The van der Waals surface area contributed by atoms with Crippen molar-refractivity contribution in [2.75, 3.05) is 39.1 Å². The highest BCUT2D eigenvalue weighted by Gasteiger charge is 2.33. The number of carbonyl (C=O) groups is 2. The molecule has 0 saturated heterocycles. The molecule has 92 heavy (non-hydrogen) atoms. The Morgan fingerprint density at radius 2 is 0.837 bits per heavy atom. The van der Waals surface area contributed by atoms with E-state index < -0.39 is 55.3 Å². The van der Waals surface area contributed by atoms with E-state index in [0.717, 1.165) is 24.3 Å². The molecule has 0 amide bonds. The van der Waals surface area contributed by atoms with E-state index in [1.807, 2.05) is 0 Å². The van der Waals surface area contributed by atoms with Gasteiger partial charge < -0.3 is 49.3 Å². The minimum atomic E-state index is -4.07. The van der Waals surface area contributed by atoms with Crippen LogP contribution in [0.15, 0.2) is 144 Å². The SMILES string of the molecule is COc1ncc(-c2ccc3c(Nc4cc(Oc5cc(F)cc(F)c5)cc(C(=O)O)c4)c(S(=O)(=O)NC4CC4)cnc3c2)c(OC)n1.COc1ncc(-c2ccc3c(Nc4cc(Oc5cc(F)cc(F)c5)cc(C(=O)O)c4)c(S(=O)(=O)NC4CC4)cnc3c2)c(OC)n1. The van der Waals surface area contributed by atoms with Gasteiger partial charge in [-0.3, -0.25) is 9.97 Å². The molecular weight excluding hydrogens is 1250 g/mol. The second-order valence-electron chi connectivity index (χ2n) is 20.6. The number of carboxylic acid groups (broad SMARTS) is 2. The number of nitrogens with zero attached hydrogens (tertiary/aromatic N) is 6. The molecular formula is C62H50F4N10O14S2. The van der Waals surface area contributed by atoms with Gasteiger partial charge in [0.2, 0.25) is 31.8 Å². The summed E-state index contributed by atoms with van der Waals surface area (Å²) in [5, 5.41) is 26.4. The van der Waals surface area contributed by atoms with Crippen molar-refractivity contribution in [2.45, 2.75) is 47.6 Å². The first-order chi connectivity index (χ1) is 44.0. The molecule has 2 fully saturated rings. The second kappa shape index (κ2) is 26.0. The Labute approximate surface area is 520 Å². The largest absolute Gasteiger partial charge is 0.480 e. The smallest absolute Gasteiger partial charge is 0.335 e. The lowest BCUT2D eigenvalue weighted by Crippen LogP contribution is -2.26. The molecule has 0 atom stereocenters. The fourth-order valence-electron chi connectivity index (χ4n) is 9.37. The Hall–Kier alpha value is -10.8. The summed E-state index contributed by atoms with van der Waals surface area (Å²) in [7, 11) is -2.40. The van der Waals surface area contributed by atoms with Crippen molar-refractivity contribution in [3.05, 3.63) is 168 Å². The molecule has 30 heteroatoms. The van der Waals surface area contributed by atoms with Crippen LogP contribution >= 0.6 is 0 Å². The number of rotatable bonds is 22. The summed E-state index contributed by atoms with van der Waals surface area (Å²) in [5.41, 5.74) is 3.03. The van der Waals surface area contributed by atoms with Crippen molar-refractivity contribution in [1.29, 1.82) is 0 Å². The van der Waals surface area contributed by atoms with Gasteiger partial charge in [0.05, 0.1) is 73.1 Å². The highest BCUT2D eigenvalue weighted by molar-refractivity contribution is 7.90. The van der Waals surface area contributed by atoms with Gasteiger partial charge in [0, 0.05) is 108 Å². The summed E-state index contributed by atoms with van der Waals surface area (Å²) in [5.74, 6) is -6.24. The first-order valence-electron chi connectivity index (χ1n) is 27.5. The number of aromatic nitrogens is 6. The topological polar surface area (TPSA) is 324 Å². The Bertz CT molecular complexity index is 4480. The van der Waals surface area contributed by atoms with Gasteiger partial charge in [-0.05, 0) is 73.2 Å². The number of sulfonamides is 2. The summed E-state index contributed by atoms with van der Waals surface area (Å²) < 4.78 is 147. The molecule has 4 aromatic heterocycles. The number of nitrogens with one attached hydrogen (secondary N) is 4. The van der Waals surface area contributed by atoms with Crippen molar-refractivity contribution in [1.82, 2.24) is 39.3 Å². The summed E-state index contributed by atoms with van der Waals surface area (Å²) in [6, 6.07) is 22.6. The van der Waals surface area contributed by atoms with Crippen LogP contribution < -0.4 is 48.5 Å². The number of hydrogen-bond acceptors (Lipinski definition) is 20. The predicted molar refractivity (Wildman–Crippen MR) is 325 cm³/mol. The van der Waals surface area contributed by atoms with Gasteiger partial charge in [0.15, 0.2) is 0 Å². The van der Waals surface area contributed by atoms with E-state index in [1.54, 1.807) is 36.4 Å². The molecule has 0 aliphatic heterocycles. The molecule has 2 aliphatic carbocycles. The van der Waals surface area contributed by atoms with Gasteiger partial charge in [-0.1, -0.05) is 24.3 Å². The molecule has 6 N–H and O–H groups in total. The average Bonchev–Trinajstić information content (AvgIpc) is 1.83. The Morgan fingerprint density at radius 3 is 1.17 bits per heavy atom. The lowest BCUT2D eigenvalue weighted by molar-refractivity contribution is 0.0686. The molecule has 0 bridgehead atoms. The first kappa shape index (κ1) is 62.8. The van der Waals surface area contributed by atoms with Crippen LogP contribution in [0.4, 0.5) is 40.3 Å². The summed E-state index contributed by atoms with van der Waals surface area (Å²) in [6.45, 7) is 0. The zero-order chi connectivity index (χ0) is 65.2. The van der Waals surface area contributed by atoms with E-state index in [1.165, 1.54) is 89.6 Å². The number of methoxy groups -OCH3 is 4. The van der Waals surface area contributed by atoms with Crippen molar-refractivity contribution >= 4 is 76.5 Å². The quantitative estimate of drug-likeness (QED) is 0.0343. The lowest BCUT2D eigenvalue weighted by atomic mass is 10.0. The Kier molecular flexibility index (Phi) is 17.7. The van der Waals surface area contributed by atoms with Crippen LogP contribution in [0.5, 0.6) is 46.8 Å². The van der Waals surface area contributed by atoms with Crippen molar-refractivity contribution in [3.8, 4) is 69.0 Å². The molecule has 0 unspecified atom stereocenters. The standard InChI is InChI=1S/2C31H25F2N5O7S/c2*1-43-29-25(14-35-31(37-29)44-2)16-3-6-24-26(9-16)34-15-27(46(41,42)38-20-4-5-20)28(24)36-21-7-17(30(39)40)8-22(13-21)45-23-11-18(32)10-19(33)12-23/h2*3,6-15,20,38H,4-5H2,1-2H3,(H,34,36)(H,39,40). The Balaban J connectivity index is 0.000000188. The minimum Gasteiger partial charge on any atom is -0.480 e. The summed E-state index contributed by atoms with van der Waals surface area (Å²) in [4.78, 5) is 49.2. The van der Waals surface area contributed by atoms with Crippen molar-refractivity contribution < 1.29 is 82.6 Å². The zero-order valence-electron chi connectivity index (χ0n) is 48.5. The Morgan fingerprint density at radius 1 is 0.467 bits per heavy atom. The minimum absolute atomic E-state index is 0.0693. The monoisotopic (exact) mass is 1300 g/mol. The maximum absolute atomic E-state index is 13.8. The third kappa shape index (κ3) is 14.4. The first-order valence-corrected chi connectivity index (χ1v) is 30.4. The van der Waals surface area contributed by atoms with Gasteiger partial charge in [0.1, 0.15) is 56.1 Å². The van der Waals surface area contributed by atoms with Crippen molar-refractivity contribution in [2.24, 2.45) is 0 Å². The number of ether oxygens (including phenoxy) is 6. The molecule has 4 heterocycles. The van der Waals surface area contributed by atoms with E-state index in [2.05, 4.69) is 50.0 Å². The predicted octanol–water partition coefficient (Wildman–Crippen LogP) is 11.3. The van der Waals surface area contributed by atoms with Crippen LogP contribution in [0.2, 0.25) is 0 Å². The van der Waals surface area contributed by atoms with Crippen LogP contribution in [0.1, 0.15) is 46.4 Å². The molecule has 10 aromatic rings. The fraction of sp³-hybridized carbons (Fsp3) is 0.161. The fourth-order valence-corrected chi connectivity index (χ4v) is 12.2. The van der Waals surface area contributed by atoms with E-state index >= 15 is 0 Å². The van der Waals surface area contributed by atoms with Crippen LogP contribution in [0.3, 0.4) is 0 Å². The van der Waals surface area contributed by atoms with Gasteiger partial charge in [-0.25, -0.2) is 63.4 Å². The van der Waals surface area contributed by atoms with E-state index in [4.69, 9.17) is 28.4 Å². The second-order valence-corrected chi connectivity index (χ2v) is 23.9. The van der Waals surface area contributed by atoms with E-state index in [9.17, 15) is 54.2 Å². The van der Waals surface area contributed by atoms with Gasteiger partial charge in [0.25, 0.3) is 0 Å². The number of pyridine rings is 2. The third-order valence-electron chi connectivity index (χ3n) is 13.9. The van der Waals surface area contributed by atoms with Crippen LogP contribution in [0, 0.1) is 23.3 Å². The van der Waals surface area contributed by atoms with Crippen molar-refractivity contribution in [3.63, 3.8) is 0 Å². The van der Waals surface area contributed by atoms with Gasteiger partial charge in [-0.15, -0.1) is 0 Å². The highest BCUT2D eigenvalue weighted by Crippen LogP contribution is 2.41. The molecule has 2 saturated carbocycles. The highest BCUT2D eigenvalue weighted by atomic mass is 32.2.